The summed E-state index contributed by atoms with van der Waals surface area (Å²) in [6.07, 6.45) is 0.966. The van der Waals surface area contributed by atoms with Gasteiger partial charge in [-0.15, -0.1) is 0 Å². The first kappa shape index (κ1) is 15.7. The summed E-state index contributed by atoms with van der Waals surface area (Å²) in [5.74, 6) is 0.771. The van der Waals surface area contributed by atoms with E-state index in [1.807, 2.05) is 42.1 Å². The molecule has 1 atom stereocenters. The Bertz CT molecular complexity index is 791. The molecule has 3 aromatic rings. The molecule has 0 radical (unpaired) electrons. The van der Waals surface area contributed by atoms with Crippen LogP contribution in [-0.2, 0) is 7.05 Å². The quantitative estimate of drug-likeness (QED) is 0.766. The van der Waals surface area contributed by atoms with Crippen LogP contribution in [0.5, 0.6) is 0 Å². The third-order valence-electron chi connectivity index (χ3n) is 4.08. The van der Waals surface area contributed by atoms with Crippen molar-refractivity contribution in [3.8, 4) is 11.4 Å². The van der Waals surface area contributed by atoms with Gasteiger partial charge in [0.05, 0.1) is 11.7 Å². The number of aromatic nitrogens is 4. The number of nitrogens with zero attached hydrogens (tertiary/aromatic N) is 4. The van der Waals surface area contributed by atoms with Crippen molar-refractivity contribution in [2.24, 2.45) is 7.05 Å². The molecule has 3 rings (SSSR count). The average Bonchev–Trinajstić information content (AvgIpc) is 3.12. The lowest BCUT2D eigenvalue weighted by atomic mass is 10.0. The Kier molecular flexibility index (Phi) is 4.43. The zero-order chi connectivity index (χ0) is 16.4. The molecular formula is C17H21N5S. The van der Waals surface area contributed by atoms with Gasteiger partial charge in [0.15, 0.2) is 5.82 Å². The molecule has 0 aliphatic rings. The number of hydrogen-bond acceptors (Lipinski definition) is 5. The van der Waals surface area contributed by atoms with Crippen LogP contribution in [0.1, 0.15) is 36.3 Å². The highest BCUT2D eigenvalue weighted by Crippen LogP contribution is 2.29. The van der Waals surface area contributed by atoms with Gasteiger partial charge < -0.3 is 5.32 Å². The maximum Gasteiger partial charge on any atom is 0.203 e. The summed E-state index contributed by atoms with van der Waals surface area (Å²) in [6, 6.07) is 10.2. The SMILES string of the molecule is CCC(Nc1nc(-c2ccccc2)ns1)c1c(C)nn(C)c1C. The zero-order valence-corrected chi connectivity index (χ0v) is 14.7. The molecule has 1 N–H and O–H groups in total. The lowest BCUT2D eigenvalue weighted by Crippen LogP contribution is -2.11. The Hall–Kier alpha value is -2.21. The smallest absolute Gasteiger partial charge is 0.203 e. The van der Waals surface area contributed by atoms with Crippen molar-refractivity contribution in [2.75, 3.05) is 5.32 Å². The van der Waals surface area contributed by atoms with Crippen molar-refractivity contribution in [1.82, 2.24) is 19.1 Å². The number of hydrogen-bond donors (Lipinski definition) is 1. The van der Waals surface area contributed by atoms with Crippen LogP contribution in [0.15, 0.2) is 30.3 Å². The predicted octanol–water partition coefficient (Wildman–Crippen LogP) is 4.12. The molecule has 6 heteroatoms. The fraction of sp³-hybridized carbons (Fsp3) is 0.353. The van der Waals surface area contributed by atoms with E-state index in [1.54, 1.807) is 0 Å². The molecule has 120 valence electrons. The first-order valence-electron chi connectivity index (χ1n) is 7.76. The van der Waals surface area contributed by atoms with Crippen LogP contribution < -0.4 is 5.32 Å². The van der Waals surface area contributed by atoms with Gasteiger partial charge in [-0.1, -0.05) is 37.3 Å². The minimum atomic E-state index is 0.195. The van der Waals surface area contributed by atoms with Crippen molar-refractivity contribution in [1.29, 1.82) is 0 Å². The van der Waals surface area contributed by atoms with Gasteiger partial charge in [-0.25, -0.2) is 0 Å². The minimum Gasteiger partial charge on any atom is -0.353 e. The molecule has 23 heavy (non-hydrogen) atoms. The van der Waals surface area contributed by atoms with Crippen LogP contribution in [0, 0.1) is 13.8 Å². The maximum atomic E-state index is 4.63. The molecule has 0 fully saturated rings. The van der Waals surface area contributed by atoms with Crippen molar-refractivity contribution < 1.29 is 0 Å². The highest BCUT2D eigenvalue weighted by Gasteiger charge is 2.20. The number of aryl methyl sites for hydroxylation is 2. The summed E-state index contributed by atoms with van der Waals surface area (Å²) in [7, 11) is 1.98. The van der Waals surface area contributed by atoms with Crippen LogP contribution >= 0.6 is 11.5 Å². The molecule has 1 aromatic carbocycles. The largest absolute Gasteiger partial charge is 0.353 e. The van der Waals surface area contributed by atoms with Crippen molar-refractivity contribution in [2.45, 2.75) is 33.2 Å². The van der Waals surface area contributed by atoms with Gasteiger partial charge in [-0.3, -0.25) is 4.68 Å². The molecule has 1 unspecified atom stereocenters. The van der Waals surface area contributed by atoms with Gasteiger partial charge in [0, 0.05) is 35.4 Å². The fourth-order valence-corrected chi connectivity index (χ4v) is 3.45. The lowest BCUT2D eigenvalue weighted by molar-refractivity contribution is 0.716. The standard InChI is InChI=1S/C17H21N5S/c1-5-14(15-11(2)20-22(4)12(15)3)18-17-19-16(21-23-17)13-9-7-6-8-10-13/h6-10,14H,5H2,1-4H3,(H,18,19,21). The monoisotopic (exact) mass is 327 g/mol. The Labute approximate surface area is 140 Å². The molecule has 0 aliphatic heterocycles. The van der Waals surface area contributed by atoms with E-state index in [0.29, 0.717) is 0 Å². The first-order valence-corrected chi connectivity index (χ1v) is 8.53. The van der Waals surface area contributed by atoms with Gasteiger partial charge in [0.1, 0.15) is 0 Å². The van der Waals surface area contributed by atoms with Gasteiger partial charge in [-0.05, 0) is 20.3 Å². The van der Waals surface area contributed by atoms with Gasteiger partial charge >= 0.3 is 0 Å². The number of rotatable bonds is 5. The number of nitrogens with one attached hydrogen (secondary N) is 1. The molecule has 5 nitrogen and oxygen atoms in total. The van der Waals surface area contributed by atoms with Crippen molar-refractivity contribution in [3.05, 3.63) is 47.3 Å². The molecule has 0 spiro atoms. The normalized spacial score (nSPS) is 12.3. The number of anilines is 1. The first-order chi connectivity index (χ1) is 11.1. The van der Waals surface area contributed by atoms with Crippen molar-refractivity contribution in [3.63, 3.8) is 0 Å². The summed E-state index contributed by atoms with van der Waals surface area (Å²) in [6.45, 7) is 6.33. The van der Waals surface area contributed by atoms with E-state index in [0.717, 1.165) is 28.6 Å². The molecular weight excluding hydrogens is 306 g/mol. The summed E-state index contributed by atoms with van der Waals surface area (Å²) in [5.41, 5.74) is 4.55. The Morgan fingerprint density at radius 3 is 2.57 bits per heavy atom. The van der Waals surface area contributed by atoms with E-state index < -0.39 is 0 Å². The molecule has 0 amide bonds. The molecule has 0 bridgehead atoms. The van der Waals surface area contributed by atoms with Crippen LogP contribution in [-0.4, -0.2) is 19.1 Å². The molecule has 0 aliphatic carbocycles. The maximum absolute atomic E-state index is 4.63. The summed E-state index contributed by atoms with van der Waals surface area (Å²) < 4.78 is 6.40. The molecule has 0 saturated carbocycles. The Morgan fingerprint density at radius 1 is 1.22 bits per heavy atom. The fourth-order valence-electron chi connectivity index (χ4n) is 2.81. The van der Waals surface area contributed by atoms with Crippen LogP contribution in [0.25, 0.3) is 11.4 Å². The van der Waals surface area contributed by atoms with E-state index in [1.165, 1.54) is 22.8 Å². The van der Waals surface area contributed by atoms with Gasteiger partial charge in [0.2, 0.25) is 5.13 Å². The Morgan fingerprint density at radius 2 is 1.96 bits per heavy atom. The predicted molar refractivity (Wildman–Crippen MR) is 94.7 cm³/mol. The zero-order valence-electron chi connectivity index (χ0n) is 13.9. The van der Waals surface area contributed by atoms with Crippen LogP contribution in [0.2, 0.25) is 0 Å². The lowest BCUT2D eigenvalue weighted by Gasteiger charge is -2.16. The van der Waals surface area contributed by atoms with E-state index in [4.69, 9.17) is 0 Å². The van der Waals surface area contributed by atoms with Gasteiger partial charge in [0.25, 0.3) is 0 Å². The molecule has 2 aromatic heterocycles. The third kappa shape index (κ3) is 3.12. The Balaban J connectivity index is 1.84. The van der Waals surface area contributed by atoms with E-state index >= 15 is 0 Å². The van der Waals surface area contributed by atoms with Crippen LogP contribution in [0.3, 0.4) is 0 Å². The molecule has 0 saturated heterocycles. The summed E-state index contributed by atoms with van der Waals surface area (Å²) >= 11 is 1.40. The van der Waals surface area contributed by atoms with E-state index in [9.17, 15) is 0 Å². The topological polar surface area (TPSA) is 55.6 Å². The van der Waals surface area contributed by atoms with Gasteiger partial charge in [-0.2, -0.15) is 14.5 Å². The number of benzene rings is 1. The highest BCUT2D eigenvalue weighted by molar-refractivity contribution is 7.09. The second-order valence-electron chi connectivity index (χ2n) is 5.60. The van der Waals surface area contributed by atoms with Crippen LogP contribution in [0.4, 0.5) is 5.13 Å². The average molecular weight is 327 g/mol. The summed E-state index contributed by atoms with van der Waals surface area (Å²) in [4.78, 5) is 4.63. The third-order valence-corrected chi connectivity index (χ3v) is 4.72. The summed E-state index contributed by atoms with van der Waals surface area (Å²) in [5, 5.41) is 8.89. The van der Waals surface area contributed by atoms with E-state index in [2.05, 4.69) is 40.5 Å². The highest BCUT2D eigenvalue weighted by atomic mass is 32.1. The van der Waals surface area contributed by atoms with Crippen molar-refractivity contribution >= 4 is 16.7 Å². The second-order valence-corrected chi connectivity index (χ2v) is 6.35. The molecule has 2 heterocycles. The minimum absolute atomic E-state index is 0.195. The second kappa shape index (κ2) is 6.50. The van der Waals surface area contributed by atoms with E-state index in [-0.39, 0.29) is 6.04 Å².